The first-order valence-corrected chi connectivity index (χ1v) is 23.5. The van der Waals surface area contributed by atoms with Gasteiger partial charge >= 0.3 is 0 Å². The Morgan fingerprint density at radius 1 is 0.265 bits per heavy atom. The molecule has 1 aliphatic rings. The third-order valence-corrected chi connectivity index (χ3v) is 13.5. The third kappa shape index (κ3) is 7.82. The molecule has 0 aliphatic heterocycles. The normalized spacial score (nSPS) is 11.5. The zero-order valence-electron chi connectivity index (χ0n) is 37.9. The fraction of sp³-hybridized carbons (Fsp3) is 0.0303. The lowest BCUT2D eigenvalue weighted by Crippen LogP contribution is -2.10. The highest BCUT2D eigenvalue weighted by Gasteiger charge is 2.24. The Bertz CT molecular complexity index is 3550. The summed E-state index contributed by atoms with van der Waals surface area (Å²) in [6.07, 6.45) is 0.847. The van der Waals surface area contributed by atoms with Crippen LogP contribution in [0.1, 0.15) is 16.7 Å². The summed E-state index contributed by atoms with van der Waals surface area (Å²) in [6, 6.07) is 95.3. The largest absolute Gasteiger partial charge is 0.310 e. The van der Waals surface area contributed by atoms with Crippen molar-refractivity contribution in [1.29, 1.82) is 0 Å². The van der Waals surface area contributed by atoms with Crippen LogP contribution in [0.2, 0.25) is 0 Å². The molecule has 0 amide bonds. The average Bonchev–Trinajstić information content (AvgIpc) is 3.77. The van der Waals surface area contributed by atoms with Crippen molar-refractivity contribution < 1.29 is 0 Å². The summed E-state index contributed by atoms with van der Waals surface area (Å²) in [4.78, 5) is 4.80. The Kier molecular flexibility index (Phi) is 10.5. The molecule has 322 valence electrons. The van der Waals surface area contributed by atoms with Crippen LogP contribution in [0.4, 0.5) is 34.1 Å². The van der Waals surface area contributed by atoms with Crippen molar-refractivity contribution in [2.24, 2.45) is 0 Å². The van der Waals surface area contributed by atoms with E-state index in [-0.39, 0.29) is 0 Å². The molecule has 11 aromatic rings. The van der Waals surface area contributed by atoms with E-state index in [0.717, 1.165) is 40.5 Å². The summed E-state index contributed by atoms with van der Waals surface area (Å²) in [6.45, 7) is 2.15. The monoisotopic (exact) mass is 868 g/mol. The molecule has 0 unspecified atom stereocenters. The maximum Gasteiger partial charge on any atom is 0.0464 e. The van der Waals surface area contributed by atoms with Crippen LogP contribution in [0.5, 0.6) is 0 Å². The molecule has 0 N–H and O–H groups in total. The van der Waals surface area contributed by atoms with Gasteiger partial charge in [-0.15, -0.1) is 0 Å². The van der Waals surface area contributed by atoms with Crippen LogP contribution >= 0.6 is 0 Å². The molecule has 1 aliphatic carbocycles. The van der Waals surface area contributed by atoms with E-state index in [1.54, 1.807) is 0 Å². The van der Waals surface area contributed by atoms with Gasteiger partial charge in [0.2, 0.25) is 0 Å². The molecule has 12 rings (SSSR count). The van der Waals surface area contributed by atoms with Crippen LogP contribution in [0.3, 0.4) is 0 Å². The first-order valence-electron chi connectivity index (χ1n) is 23.5. The first kappa shape index (κ1) is 40.8. The van der Waals surface area contributed by atoms with Gasteiger partial charge in [0.15, 0.2) is 0 Å². The van der Waals surface area contributed by atoms with E-state index in [9.17, 15) is 0 Å². The van der Waals surface area contributed by atoms with E-state index in [1.807, 2.05) is 0 Å². The van der Waals surface area contributed by atoms with Gasteiger partial charge in [-0.05, 0) is 164 Å². The molecule has 68 heavy (non-hydrogen) atoms. The lowest BCUT2D eigenvalue weighted by atomic mass is 9.98. The van der Waals surface area contributed by atoms with Gasteiger partial charge in [0.1, 0.15) is 0 Å². The fourth-order valence-electron chi connectivity index (χ4n) is 10.1. The molecular formula is C66H48N2. The minimum Gasteiger partial charge on any atom is -0.310 e. The average molecular weight is 869 g/mol. The van der Waals surface area contributed by atoms with Crippen molar-refractivity contribution in [3.63, 3.8) is 0 Å². The lowest BCUT2D eigenvalue weighted by Gasteiger charge is -2.27. The Labute approximate surface area is 399 Å². The third-order valence-electron chi connectivity index (χ3n) is 13.5. The highest BCUT2D eigenvalue weighted by atomic mass is 15.1. The van der Waals surface area contributed by atoms with Gasteiger partial charge in [-0.2, -0.15) is 0 Å². The van der Waals surface area contributed by atoms with Crippen LogP contribution in [-0.4, -0.2) is 0 Å². The Balaban J connectivity index is 0.900. The molecule has 2 heteroatoms. The predicted octanol–water partition coefficient (Wildman–Crippen LogP) is 18.3. The molecule has 0 saturated heterocycles. The molecule has 0 aromatic heterocycles. The number of hydrogen-bond acceptors (Lipinski definition) is 2. The molecule has 0 heterocycles. The van der Waals surface area contributed by atoms with Crippen molar-refractivity contribution in [1.82, 2.24) is 0 Å². The van der Waals surface area contributed by atoms with Gasteiger partial charge < -0.3 is 9.80 Å². The first-order chi connectivity index (χ1) is 33.6. The van der Waals surface area contributed by atoms with Crippen molar-refractivity contribution >= 4 is 44.9 Å². The maximum absolute atomic E-state index is 2.41. The summed E-state index contributed by atoms with van der Waals surface area (Å²) >= 11 is 0. The zero-order valence-corrected chi connectivity index (χ0v) is 37.9. The van der Waals surface area contributed by atoms with E-state index in [0.29, 0.717) is 0 Å². The Morgan fingerprint density at radius 2 is 0.647 bits per heavy atom. The van der Waals surface area contributed by atoms with Crippen molar-refractivity contribution in [3.05, 3.63) is 278 Å². The Hall–Kier alpha value is -8.72. The fourth-order valence-corrected chi connectivity index (χ4v) is 10.1. The highest BCUT2D eigenvalue weighted by Crippen LogP contribution is 2.46. The number of nitrogens with zero attached hydrogens (tertiary/aromatic N) is 2. The number of fused-ring (bicyclic) bond motifs is 4. The maximum atomic E-state index is 2.41. The second-order valence-electron chi connectivity index (χ2n) is 17.8. The molecule has 0 bridgehead atoms. The van der Waals surface area contributed by atoms with Crippen LogP contribution in [0, 0.1) is 6.92 Å². The molecule has 0 fully saturated rings. The zero-order chi connectivity index (χ0) is 45.4. The SMILES string of the molecule is Cc1cccc(-c2ccc(N(c3ccc(-c4ccccc4)cc3)c3ccc4c(c3)Cc3cc(N(c5ccc(-c6ccccc6)cc5)c5ccc(-c6cccc7ccccc67)cc5)ccc3-4)cc2)c1. The minimum absolute atomic E-state index is 0.847. The molecule has 0 atom stereocenters. The number of aryl methyl sites for hydroxylation is 1. The smallest absolute Gasteiger partial charge is 0.0464 e. The molecule has 0 radical (unpaired) electrons. The van der Waals surface area contributed by atoms with E-state index < -0.39 is 0 Å². The Morgan fingerprint density at radius 3 is 1.15 bits per heavy atom. The van der Waals surface area contributed by atoms with Gasteiger partial charge in [0.05, 0.1) is 0 Å². The quantitative estimate of drug-likeness (QED) is 0.135. The van der Waals surface area contributed by atoms with Crippen LogP contribution in [-0.2, 0) is 6.42 Å². The number of hydrogen-bond donors (Lipinski definition) is 0. The molecule has 0 saturated carbocycles. The van der Waals surface area contributed by atoms with E-state index in [2.05, 4.69) is 278 Å². The number of rotatable bonds is 10. The van der Waals surface area contributed by atoms with Crippen LogP contribution < -0.4 is 9.80 Å². The van der Waals surface area contributed by atoms with Gasteiger partial charge in [-0.3, -0.25) is 0 Å². The summed E-state index contributed by atoms with van der Waals surface area (Å²) in [5.41, 5.74) is 22.9. The summed E-state index contributed by atoms with van der Waals surface area (Å²) < 4.78 is 0. The highest BCUT2D eigenvalue weighted by molar-refractivity contribution is 5.97. The molecule has 11 aromatic carbocycles. The predicted molar refractivity (Wildman–Crippen MR) is 288 cm³/mol. The van der Waals surface area contributed by atoms with Gasteiger partial charge in [0, 0.05) is 34.1 Å². The van der Waals surface area contributed by atoms with Gasteiger partial charge in [-0.25, -0.2) is 0 Å². The van der Waals surface area contributed by atoms with E-state index in [1.165, 1.54) is 83.1 Å². The second-order valence-corrected chi connectivity index (χ2v) is 17.8. The molecule has 2 nitrogen and oxygen atoms in total. The van der Waals surface area contributed by atoms with E-state index >= 15 is 0 Å². The lowest BCUT2D eigenvalue weighted by molar-refractivity contribution is 1.22. The topological polar surface area (TPSA) is 6.48 Å². The summed E-state index contributed by atoms with van der Waals surface area (Å²) in [5.74, 6) is 0. The summed E-state index contributed by atoms with van der Waals surface area (Å²) in [7, 11) is 0. The van der Waals surface area contributed by atoms with Crippen LogP contribution in [0.25, 0.3) is 66.4 Å². The van der Waals surface area contributed by atoms with Crippen molar-refractivity contribution in [2.45, 2.75) is 13.3 Å². The van der Waals surface area contributed by atoms with Gasteiger partial charge in [-0.1, -0.05) is 194 Å². The number of anilines is 6. The van der Waals surface area contributed by atoms with Crippen LogP contribution in [0.15, 0.2) is 261 Å². The summed E-state index contributed by atoms with van der Waals surface area (Å²) in [5, 5.41) is 2.51. The van der Waals surface area contributed by atoms with Gasteiger partial charge in [0.25, 0.3) is 0 Å². The molecular weight excluding hydrogens is 821 g/mol. The van der Waals surface area contributed by atoms with Crippen molar-refractivity contribution in [2.75, 3.05) is 9.80 Å². The molecule has 0 spiro atoms. The standard InChI is InChI=1S/C66H48N2/c1-46-12-10-19-54(42-46)51-26-34-59(35-27-51)67(57-30-22-49(23-31-57)47-13-4-2-5-14-47)61-38-40-65-55(44-61)43-56-45-62(39-41-66(56)65)68(58-32-24-50(25-33-58)48-15-6-3-7-16-48)60-36-28-53(29-37-60)64-21-11-18-52-17-8-9-20-63(52)64/h2-42,44-45H,43H2,1H3. The minimum atomic E-state index is 0.847. The number of benzene rings is 11. The van der Waals surface area contributed by atoms with Crippen molar-refractivity contribution in [3.8, 4) is 55.6 Å². The van der Waals surface area contributed by atoms with E-state index in [4.69, 9.17) is 0 Å². The second kappa shape index (κ2) is 17.6.